The maximum absolute atomic E-state index is 5.70. The molecule has 1 saturated carbocycles. The SMILES string of the molecule is CC1CCCC(N(C)c2cccc(C(N)=S)c2)C1. The zero-order valence-corrected chi connectivity index (χ0v) is 12.0. The predicted octanol–water partition coefficient (Wildman–Crippen LogP) is 3.34. The molecular weight excluding hydrogens is 240 g/mol. The highest BCUT2D eigenvalue weighted by molar-refractivity contribution is 7.80. The van der Waals surface area contributed by atoms with Gasteiger partial charge in [-0.15, -0.1) is 0 Å². The number of hydrogen-bond donors (Lipinski definition) is 1. The lowest BCUT2D eigenvalue weighted by molar-refractivity contribution is 0.336. The third kappa shape index (κ3) is 3.02. The fraction of sp³-hybridized carbons (Fsp3) is 0.533. The molecule has 1 aromatic rings. The van der Waals surface area contributed by atoms with E-state index in [4.69, 9.17) is 18.0 Å². The third-order valence-corrected chi connectivity index (χ3v) is 4.23. The Balaban J connectivity index is 2.14. The average molecular weight is 262 g/mol. The minimum absolute atomic E-state index is 0.474. The van der Waals surface area contributed by atoms with E-state index in [1.54, 1.807) is 0 Å². The van der Waals surface area contributed by atoms with Gasteiger partial charge in [-0.05, 0) is 30.9 Å². The second-order valence-corrected chi connectivity index (χ2v) is 5.89. The van der Waals surface area contributed by atoms with Crippen LogP contribution in [0.4, 0.5) is 5.69 Å². The molecule has 0 spiro atoms. The fourth-order valence-corrected chi connectivity index (χ4v) is 2.97. The minimum atomic E-state index is 0.474. The van der Waals surface area contributed by atoms with Gasteiger partial charge in [-0.1, -0.05) is 44.1 Å². The number of benzene rings is 1. The van der Waals surface area contributed by atoms with Crippen molar-refractivity contribution in [2.75, 3.05) is 11.9 Å². The molecule has 2 rings (SSSR count). The van der Waals surface area contributed by atoms with Crippen LogP contribution in [0.15, 0.2) is 24.3 Å². The number of hydrogen-bond acceptors (Lipinski definition) is 2. The van der Waals surface area contributed by atoms with Gasteiger partial charge >= 0.3 is 0 Å². The molecule has 0 saturated heterocycles. The van der Waals surface area contributed by atoms with Gasteiger partial charge < -0.3 is 10.6 Å². The molecule has 0 bridgehead atoms. The van der Waals surface area contributed by atoms with E-state index in [0.717, 1.165) is 11.5 Å². The lowest BCUT2D eigenvalue weighted by Crippen LogP contribution is -2.35. The number of thiocarbonyl (C=S) groups is 1. The summed E-state index contributed by atoms with van der Waals surface area (Å²) in [6.07, 6.45) is 5.29. The smallest absolute Gasteiger partial charge is 0.104 e. The average Bonchev–Trinajstić information content (AvgIpc) is 2.38. The maximum atomic E-state index is 5.70. The Bertz CT molecular complexity index is 430. The number of nitrogens with two attached hydrogens (primary N) is 1. The van der Waals surface area contributed by atoms with E-state index in [-0.39, 0.29) is 0 Å². The molecule has 0 aromatic heterocycles. The first-order valence-corrected chi connectivity index (χ1v) is 7.11. The zero-order chi connectivity index (χ0) is 13.1. The van der Waals surface area contributed by atoms with E-state index in [1.807, 2.05) is 12.1 Å². The summed E-state index contributed by atoms with van der Waals surface area (Å²) < 4.78 is 0. The van der Waals surface area contributed by atoms with E-state index < -0.39 is 0 Å². The highest BCUT2D eigenvalue weighted by Gasteiger charge is 2.22. The highest BCUT2D eigenvalue weighted by Crippen LogP contribution is 2.29. The molecule has 98 valence electrons. The van der Waals surface area contributed by atoms with Crippen LogP contribution >= 0.6 is 12.2 Å². The third-order valence-electron chi connectivity index (χ3n) is 3.99. The van der Waals surface area contributed by atoms with Gasteiger partial charge in [0.05, 0.1) is 0 Å². The normalized spacial score (nSPS) is 23.7. The molecule has 1 aliphatic rings. The fourth-order valence-electron chi connectivity index (χ4n) is 2.84. The molecule has 3 heteroatoms. The van der Waals surface area contributed by atoms with Crippen molar-refractivity contribution in [2.45, 2.75) is 38.6 Å². The van der Waals surface area contributed by atoms with Gasteiger partial charge in [-0.25, -0.2) is 0 Å². The first-order valence-electron chi connectivity index (χ1n) is 6.70. The summed E-state index contributed by atoms with van der Waals surface area (Å²) in [5.74, 6) is 0.838. The Morgan fingerprint density at radius 3 is 2.83 bits per heavy atom. The number of rotatable bonds is 3. The molecule has 1 fully saturated rings. The predicted molar refractivity (Wildman–Crippen MR) is 82.2 cm³/mol. The summed E-state index contributed by atoms with van der Waals surface area (Å²) in [5.41, 5.74) is 7.87. The van der Waals surface area contributed by atoms with Crippen molar-refractivity contribution < 1.29 is 0 Å². The molecule has 0 heterocycles. The molecule has 18 heavy (non-hydrogen) atoms. The Kier molecular flexibility index (Phi) is 4.23. The molecule has 0 radical (unpaired) electrons. The van der Waals surface area contributed by atoms with E-state index in [0.29, 0.717) is 11.0 Å². The van der Waals surface area contributed by atoms with Crippen molar-refractivity contribution in [2.24, 2.45) is 11.7 Å². The van der Waals surface area contributed by atoms with Gasteiger partial charge in [0.2, 0.25) is 0 Å². The number of nitrogens with zero attached hydrogens (tertiary/aromatic N) is 1. The van der Waals surface area contributed by atoms with E-state index in [9.17, 15) is 0 Å². The molecule has 0 aliphatic heterocycles. The summed E-state index contributed by atoms with van der Waals surface area (Å²) in [6.45, 7) is 2.35. The van der Waals surface area contributed by atoms with Gasteiger partial charge in [0, 0.05) is 24.3 Å². The van der Waals surface area contributed by atoms with Gasteiger partial charge in [0.1, 0.15) is 4.99 Å². The standard InChI is InChI=1S/C15H22N2S/c1-11-5-3-7-13(9-11)17(2)14-8-4-6-12(10-14)15(16)18/h4,6,8,10-11,13H,3,5,7,9H2,1-2H3,(H2,16,18). The van der Waals surface area contributed by atoms with Crippen molar-refractivity contribution in [1.82, 2.24) is 0 Å². The van der Waals surface area contributed by atoms with E-state index in [2.05, 4.69) is 31.0 Å². The summed E-state index contributed by atoms with van der Waals surface area (Å²) >= 11 is 5.04. The largest absolute Gasteiger partial charge is 0.389 e. The monoisotopic (exact) mass is 262 g/mol. The van der Waals surface area contributed by atoms with Gasteiger partial charge in [-0.3, -0.25) is 0 Å². The molecule has 1 aromatic carbocycles. The molecule has 1 aliphatic carbocycles. The van der Waals surface area contributed by atoms with Crippen LogP contribution in [-0.2, 0) is 0 Å². The summed E-state index contributed by atoms with van der Waals surface area (Å²) in [6, 6.07) is 8.90. The van der Waals surface area contributed by atoms with Gasteiger partial charge in [0.25, 0.3) is 0 Å². The zero-order valence-electron chi connectivity index (χ0n) is 11.2. The minimum Gasteiger partial charge on any atom is -0.389 e. The lowest BCUT2D eigenvalue weighted by atomic mass is 9.86. The summed E-state index contributed by atoms with van der Waals surface area (Å²) in [5, 5.41) is 0. The number of anilines is 1. The first-order chi connectivity index (χ1) is 8.58. The molecule has 2 nitrogen and oxygen atoms in total. The highest BCUT2D eigenvalue weighted by atomic mass is 32.1. The summed E-state index contributed by atoms with van der Waals surface area (Å²) in [7, 11) is 2.18. The van der Waals surface area contributed by atoms with Crippen LogP contribution in [-0.4, -0.2) is 18.1 Å². The lowest BCUT2D eigenvalue weighted by Gasteiger charge is -2.35. The Morgan fingerprint density at radius 2 is 2.17 bits per heavy atom. The van der Waals surface area contributed by atoms with Crippen LogP contribution in [0.5, 0.6) is 0 Å². The van der Waals surface area contributed by atoms with Gasteiger partial charge in [0.15, 0.2) is 0 Å². The van der Waals surface area contributed by atoms with Crippen molar-refractivity contribution in [3.63, 3.8) is 0 Å². The maximum Gasteiger partial charge on any atom is 0.104 e. The van der Waals surface area contributed by atoms with Crippen LogP contribution in [0, 0.1) is 5.92 Å². The van der Waals surface area contributed by atoms with Crippen molar-refractivity contribution >= 4 is 22.9 Å². The van der Waals surface area contributed by atoms with Crippen molar-refractivity contribution in [1.29, 1.82) is 0 Å². The molecule has 2 unspecified atom stereocenters. The molecular formula is C15H22N2S. The molecule has 0 amide bonds. The molecule has 2 N–H and O–H groups in total. The van der Waals surface area contributed by atoms with Crippen LogP contribution in [0.25, 0.3) is 0 Å². The van der Waals surface area contributed by atoms with Crippen LogP contribution in [0.1, 0.15) is 38.2 Å². The van der Waals surface area contributed by atoms with Crippen LogP contribution < -0.4 is 10.6 Å². The quantitative estimate of drug-likeness (QED) is 0.847. The Hall–Kier alpha value is -1.09. The van der Waals surface area contributed by atoms with E-state index >= 15 is 0 Å². The second kappa shape index (κ2) is 5.70. The van der Waals surface area contributed by atoms with Crippen LogP contribution in [0.2, 0.25) is 0 Å². The Morgan fingerprint density at radius 1 is 1.39 bits per heavy atom. The van der Waals surface area contributed by atoms with Crippen molar-refractivity contribution in [3.05, 3.63) is 29.8 Å². The molecule has 2 atom stereocenters. The van der Waals surface area contributed by atoms with Crippen LogP contribution in [0.3, 0.4) is 0 Å². The second-order valence-electron chi connectivity index (χ2n) is 5.45. The summed E-state index contributed by atoms with van der Waals surface area (Å²) in [4.78, 5) is 2.86. The van der Waals surface area contributed by atoms with E-state index in [1.165, 1.54) is 31.4 Å². The first kappa shape index (κ1) is 13.3. The van der Waals surface area contributed by atoms with Crippen molar-refractivity contribution in [3.8, 4) is 0 Å². The Labute approximate surface area is 115 Å². The van der Waals surface area contributed by atoms with Gasteiger partial charge in [-0.2, -0.15) is 0 Å². The topological polar surface area (TPSA) is 29.3 Å².